The predicted octanol–water partition coefficient (Wildman–Crippen LogP) is 4.15. The lowest BCUT2D eigenvalue weighted by molar-refractivity contribution is -0.113. The lowest BCUT2D eigenvalue weighted by Crippen LogP contribution is -2.23. The summed E-state index contributed by atoms with van der Waals surface area (Å²) in [5, 5.41) is 12.8. The van der Waals surface area contributed by atoms with Gasteiger partial charge in [-0.3, -0.25) is 19.5 Å². The highest BCUT2D eigenvalue weighted by atomic mass is 32.2. The minimum atomic E-state index is -0.566. The first-order chi connectivity index (χ1) is 16.0. The van der Waals surface area contributed by atoms with Gasteiger partial charge in [-0.15, -0.1) is 10.2 Å². The number of hydrogen-bond acceptors (Lipinski definition) is 7. The predicted molar refractivity (Wildman–Crippen MR) is 128 cm³/mol. The minimum Gasteiger partial charge on any atom is -0.349 e. The quantitative estimate of drug-likeness (QED) is 0.279. The Morgan fingerprint density at radius 3 is 2.76 bits per heavy atom. The van der Waals surface area contributed by atoms with Gasteiger partial charge in [-0.05, 0) is 24.6 Å². The number of aromatic nitrogens is 5. The van der Waals surface area contributed by atoms with Crippen LogP contribution in [-0.2, 0) is 11.2 Å². The average molecular weight is 481 g/mol. The van der Waals surface area contributed by atoms with E-state index in [-0.39, 0.29) is 28.0 Å². The number of nitrogens with zero attached hydrogens (tertiary/aromatic N) is 4. The van der Waals surface area contributed by atoms with Crippen molar-refractivity contribution in [1.29, 1.82) is 0 Å². The van der Waals surface area contributed by atoms with E-state index in [2.05, 4.69) is 25.5 Å². The molecule has 5 rings (SSSR count). The van der Waals surface area contributed by atoms with Crippen LogP contribution in [0.25, 0.3) is 27.6 Å². The number of rotatable bonds is 6. The molecule has 0 atom stereocenters. The van der Waals surface area contributed by atoms with Gasteiger partial charge in [0.05, 0.1) is 11.4 Å². The topological polar surface area (TPSA) is 106 Å². The van der Waals surface area contributed by atoms with E-state index in [4.69, 9.17) is 0 Å². The second kappa shape index (κ2) is 8.75. The standard InChI is InChI=1S/C22H17FN6O2S2/c1-2-17-27-28-21(33-17)25-16(30)11-32-22-26-18-12-7-3-5-9-14(12)24-19(18)20(31)29(22)15-10-6-4-8-13(15)23/h3-10,24H,2,11H2,1H3,(H,25,28,30). The molecule has 0 saturated carbocycles. The molecule has 0 fully saturated rings. The van der Waals surface area contributed by atoms with Crippen LogP contribution < -0.4 is 10.9 Å². The Labute approximate surface area is 194 Å². The van der Waals surface area contributed by atoms with Crippen molar-refractivity contribution in [2.45, 2.75) is 18.5 Å². The molecule has 8 nitrogen and oxygen atoms in total. The summed E-state index contributed by atoms with van der Waals surface area (Å²) in [5.41, 5.74) is 1.12. The normalized spacial score (nSPS) is 11.3. The number of aryl methyl sites for hydroxylation is 1. The maximum atomic E-state index is 14.7. The van der Waals surface area contributed by atoms with Crippen molar-refractivity contribution >= 4 is 56.1 Å². The number of thioether (sulfide) groups is 1. The van der Waals surface area contributed by atoms with Crippen LogP contribution in [0.15, 0.2) is 58.5 Å². The summed E-state index contributed by atoms with van der Waals surface area (Å²) in [4.78, 5) is 33.7. The van der Waals surface area contributed by atoms with E-state index < -0.39 is 11.4 Å². The van der Waals surface area contributed by atoms with Crippen molar-refractivity contribution in [1.82, 2.24) is 24.7 Å². The summed E-state index contributed by atoms with van der Waals surface area (Å²) in [5.74, 6) is -0.938. The van der Waals surface area contributed by atoms with Crippen LogP contribution in [0, 0.1) is 5.82 Å². The molecule has 3 aromatic heterocycles. The smallest absolute Gasteiger partial charge is 0.283 e. The Morgan fingerprint density at radius 2 is 1.97 bits per heavy atom. The van der Waals surface area contributed by atoms with E-state index in [1.54, 1.807) is 12.1 Å². The van der Waals surface area contributed by atoms with Crippen molar-refractivity contribution in [3.63, 3.8) is 0 Å². The van der Waals surface area contributed by atoms with E-state index in [0.29, 0.717) is 10.6 Å². The first kappa shape index (κ1) is 21.3. The Hall–Kier alpha value is -3.57. The van der Waals surface area contributed by atoms with Gasteiger partial charge in [-0.2, -0.15) is 0 Å². The van der Waals surface area contributed by atoms with Crippen LogP contribution in [0.1, 0.15) is 11.9 Å². The summed E-state index contributed by atoms with van der Waals surface area (Å²) in [6.07, 6.45) is 0.728. The van der Waals surface area contributed by atoms with Crippen LogP contribution in [0.2, 0.25) is 0 Å². The van der Waals surface area contributed by atoms with E-state index in [1.165, 1.54) is 28.0 Å². The number of aromatic amines is 1. The first-order valence-corrected chi connectivity index (χ1v) is 11.9. The van der Waals surface area contributed by atoms with Gasteiger partial charge < -0.3 is 4.98 Å². The molecule has 1 amide bonds. The molecule has 3 heterocycles. The van der Waals surface area contributed by atoms with Crippen LogP contribution in [0.4, 0.5) is 9.52 Å². The van der Waals surface area contributed by atoms with Crippen LogP contribution in [0.3, 0.4) is 0 Å². The molecule has 0 aliphatic carbocycles. The van der Waals surface area contributed by atoms with Crippen LogP contribution in [0.5, 0.6) is 0 Å². The molecular formula is C22H17FN6O2S2. The number of para-hydroxylation sites is 2. The third kappa shape index (κ3) is 4.00. The third-order valence-corrected chi connectivity index (χ3v) is 6.86. The molecule has 0 unspecified atom stereocenters. The number of nitrogens with one attached hydrogen (secondary N) is 2. The Morgan fingerprint density at radius 1 is 1.18 bits per heavy atom. The molecule has 0 saturated heterocycles. The van der Waals surface area contributed by atoms with Crippen molar-refractivity contribution in [2.75, 3.05) is 11.1 Å². The Bertz CT molecular complexity index is 1560. The number of hydrogen-bond donors (Lipinski definition) is 2. The minimum absolute atomic E-state index is 0.0458. The maximum Gasteiger partial charge on any atom is 0.283 e. The summed E-state index contributed by atoms with van der Waals surface area (Å²) in [7, 11) is 0. The Balaban J connectivity index is 1.56. The average Bonchev–Trinajstić information content (AvgIpc) is 3.43. The van der Waals surface area contributed by atoms with Crippen LogP contribution in [-0.4, -0.2) is 36.4 Å². The molecule has 0 spiro atoms. The number of fused-ring (bicyclic) bond motifs is 3. The van der Waals surface area contributed by atoms with E-state index in [0.717, 1.165) is 34.1 Å². The van der Waals surface area contributed by atoms with Crippen molar-refractivity contribution in [3.05, 3.63) is 69.7 Å². The number of halogens is 1. The SMILES string of the molecule is CCc1nnc(NC(=O)CSc2nc3c([nH]c4ccccc43)c(=O)n2-c2ccccc2F)s1. The molecule has 0 aliphatic rings. The molecule has 33 heavy (non-hydrogen) atoms. The fourth-order valence-corrected chi connectivity index (χ4v) is 4.91. The van der Waals surface area contributed by atoms with Gasteiger partial charge in [0.25, 0.3) is 5.56 Å². The third-order valence-electron chi connectivity index (χ3n) is 4.94. The van der Waals surface area contributed by atoms with E-state index in [1.807, 2.05) is 31.2 Å². The molecule has 0 radical (unpaired) electrons. The highest BCUT2D eigenvalue weighted by Crippen LogP contribution is 2.27. The molecule has 2 N–H and O–H groups in total. The summed E-state index contributed by atoms with van der Waals surface area (Å²) < 4.78 is 15.9. The molecule has 0 bridgehead atoms. The monoisotopic (exact) mass is 480 g/mol. The summed E-state index contributed by atoms with van der Waals surface area (Å²) in [6, 6.07) is 13.4. The van der Waals surface area contributed by atoms with Gasteiger partial charge in [0, 0.05) is 10.9 Å². The summed E-state index contributed by atoms with van der Waals surface area (Å²) in [6.45, 7) is 1.95. The molecule has 11 heteroatoms. The zero-order valence-electron chi connectivity index (χ0n) is 17.3. The van der Waals surface area contributed by atoms with Crippen molar-refractivity contribution < 1.29 is 9.18 Å². The second-order valence-electron chi connectivity index (χ2n) is 7.07. The number of benzene rings is 2. The molecular weight excluding hydrogens is 463 g/mol. The number of carbonyl (C=O) groups excluding carboxylic acids is 1. The van der Waals surface area contributed by atoms with Gasteiger partial charge >= 0.3 is 0 Å². The zero-order valence-corrected chi connectivity index (χ0v) is 19.0. The molecule has 166 valence electrons. The second-order valence-corrected chi connectivity index (χ2v) is 9.08. The number of carbonyl (C=O) groups is 1. The lowest BCUT2D eigenvalue weighted by atomic mass is 10.2. The highest BCUT2D eigenvalue weighted by molar-refractivity contribution is 7.99. The molecule has 5 aromatic rings. The van der Waals surface area contributed by atoms with Crippen molar-refractivity contribution in [2.24, 2.45) is 0 Å². The van der Waals surface area contributed by atoms with Crippen molar-refractivity contribution in [3.8, 4) is 5.69 Å². The summed E-state index contributed by atoms with van der Waals surface area (Å²) >= 11 is 2.35. The van der Waals surface area contributed by atoms with Gasteiger partial charge in [-0.1, -0.05) is 60.4 Å². The van der Waals surface area contributed by atoms with Gasteiger partial charge in [0.15, 0.2) is 5.16 Å². The van der Waals surface area contributed by atoms with E-state index in [9.17, 15) is 14.0 Å². The molecule has 2 aromatic carbocycles. The maximum absolute atomic E-state index is 14.7. The highest BCUT2D eigenvalue weighted by Gasteiger charge is 2.20. The molecule has 0 aliphatic heterocycles. The van der Waals surface area contributed by atoms with Crippen LogP contribution >= 0.6 is 23.1 Å². The van der Waals surface area contributed by atoms with Gasteiger partial charge in [0.1, 0.15) is 21.9 Å². The Kier molecular flexibility index (Phi) is 5.65. The number of H-pyrrole nitrogens is 1. The van der Waals surface area contributed by atoms with Gasteiger partial charge in [-0.25, -0.2) is 9.37 Å². The fourth-order valence-electron chi connectivity index (χ4n) is 3.42. The fraction of sp³-hybridized carbons (Fsp3) is 0.136. The first-order valence-electron chi connectivity index (χ1n) is 10.1. The lowest BCUT2D eigenvalue weighted by Gasteiger charge is -2.12. The number of anilines is 1. The number of amides is 1. The van der Waals surface area contributed by atoms with Gasteiger partial charge in [0.2, 0.25) is 11.0 Å². The van der Waals surface area contributed by atoms with E-state index >= 15 is 0 Å². The zero-order chi connectivity index (χ0) is 22.9. The largest absolute Gasteiger partial charge is 0.349 e.